The summed E-state index contributed by atoms with van der Waals surface area (Å²) in [5, 5.41) is 1.18. The number of imide groups is 1. The molecule has 0 saturated carbocycles. The highest BCUT2D eigenvalue weighted by molar-refractivity contribution is 8.19. The molecule has 3 aromatic carbocycles. The van der Waals surface area contributed by atoms with Crippen LogP contribution in [0.25, 0.3) is 17.0 Å². The smallest absolute Gasteiger partial charge is 0.298 e. The summed E-state index contributed by atoms with van der Waals surface area (Å²) < 4.78 is 2.16. The maximum atomic E-state index is 13.0. The van der Waals surface area contributed by atoms with E-state index in [1.165, 1.54) is 10.5 Å². The van der Waals surface area contributed by atoms with Gasteiger partial charge in [0.25, 0.3) is 11.1 Å². The van der Waals surface area contributed by atoms with Crippen LogP contribution in [0.1, 0.15) is 11.1 Å². The van der Waals surface area contributed by atoms with Crippen LogP contribution in [-0.4, -0.2) is 15.7 Å². The first-order valence-electron chi connectivity index (χ1n) is 9.75. The molecule has 0 spiro atoms. The summed E-state index contributed by atoms with van der Waals surface area (Å²) in [6, 6.07) is 25.0. The van der Waals surface area contributed by atoms with E-state index in [9.17, 15) is 9.59 Å². The lowest BCUT2D eigenvalue weighted by atomic mass is 10.1. The molecular weight excluding hydrogens is 428 g/mol. The van der Waals surface area contributed by atoms with E-state index >= 15 is 0 Å². The van der Waals surface area contributed by atoms with Gasteiger partial charge < -0.3 is 4.57 Å². The highest BCUT2D eigenvalue weighted by Crippen LogP contribution is 2.37. The first kappa shape index (κ1) is 19.7. The van der Waals surface area contributed by atoms with Crippen molar-refractivity contribution in [2.45, 2.75) is 6.54 Å². The number of carbonyl (C=O) groups excluding carboxylic acids is 2. The number of carbonyl (C=O) groups is 2. The molecule has 1 fully saturated rings. The third kappa shape index (κ3) is 3.78. The van der Waals surface area contributed by atoms with Gasteiger partial charge in [0.2, 0.25) is 0 Å². The number of thioether (sulfide) groups is 1. The topological polar surface area (TPSA) is 42.3 Å². The van der Waals surface area contributed by atoms with Crippen LogP contribution in [0.5, 0.6) is 0 Å². The molecule has 1 aliphatic rings. The number of benzene rings is 3. The van der Waals surface area contributed by atoms with Gasteiger partial charge >= 0.3 is 0 Å². The van der Waals surface area contributed by atoms with Gasteiger partial charge in [-0.3, -0.25) is 9.59 Å². The lowest BCUT2D eigenvalue weighted by Crippen LogP contribution is -2.27. The lowest BCUT2D eigenvalue weighted by Gasteiger charge is -2.12. The molecule has 0 N–H and O–H groups in total. The van der Waals surface area contributed by atoms with Gasteiger partial charge in [-0.05, 0) is 47.7 Å². The van der Waals surface area contributed by atoms with E-state index in [0.29, 0.717) is 15.6 Å². The third-order valence-electron chi connectivity index (χ3n) is 5.16. The van der Waals surface area contributed by atoms with Gasteiger partial charge in [0.1, 0.15) is 0 Å². The Hall–Kier alpha value is -3.28. The number of anilines is 1. The van der Waals surface area contributed by atoms with Gasteiger partial charge in [-0.25, -0.2) is 4.90 Å². The second kappa shape index (κ2) is 8.10. The number of aromatic nitrogens is 1. The van der Waals surface area contributed by atoms with Crippen molar-refractivity contribution in [1.82, 2.24) is 4.57 Å². The Kier molecular flexibility index (Phi) is 5.14. The van der Waals surface area contributed by atoms with Crippen LogP contribution in [0.2, 0.25) is 5.02 Å². The molecule has 6 heteroatoms. The summed E-state index contributed by atoms with van der Waals surface area (Å²) >= 11 is 6.99. The van der Waals surface area contributed by atoms with Gasteiger partial charge in [0.15, 0.2) is 0 Å². The van der Waals surface area contributed by atoms with Gasteiger partial charge in [-0.2, -0.15) is 0 Å². The number of rotatable bonds is 4. The Bertz CT molecular complexity index is 1340. The van der Waals surface area contributed by atoms with E-state index < -0.39 is 0 Å². The minimum absolute atomic E-state index is 0.327. The fourth-order valence-corrected chi connectivity index (χ4v) is 4.76. The van der Waals surface area contributed by atoms with Crippen LogP contribution < -0.4 is 4.90 Å². The minimum Gasteiger partial charge on any atom is -0.342 e. The maximum absolute atomic E-state index is 13.0. The standard InChI is InChI=1S/C25H17ClN2O2S/c26-19-9-6-10-20(14-19)28-24(29)23(31-25(28)30)13-18-16-27(15-17-7-2-1-3-8-17)22-12-5-4-11-21(18)22/h1-14,16H,15H2/b23-13+. The van der Waals surface area contributed by atoms with Gasteiger partial charge in [-0.15, -0.1) is 0 Å². The normalized spacial score (nSPS) is 15.4. The van der Waals surface area contributed by atoms with Crippen LogP contribution in [0.4, 0.5) is 10.5 Å². The van der Waals surface area contributed by atoms with Gasteiger partial charge in [0, 0.05) is 34.2 Å². The van der Waals surface area contributed by atoms with E-state index in [0.717, 1.165) is 34.8 Å². The first-order valence-corrected chi connectivity index (χ1v) is 10.9. The van der Waals surface area contributed by atoms with E-state index in [2.05, 4.69) is 22.8 Å². The number of halogens is 1. The Labute approximate surface area is 188 Å². The average molecular weight is 445 g/mol. The number of para-hydroxylation sites is 1. The zero-order chi connectivity index (χ0) is 21.4. The number of hydrogen-bond acceptors (Lipinski definition) is 3. The molecule has 0 unspecified atom stereocenters. The zero-order valence-corrected chi connectivity index (χ0v) is 17.9. The number of nitrogens with zero attached hydrogens (tertiary/aromatic N) is 2. The molecule has 31 heavy (non-hydrogen) atoms. The number of amides is 2. The quantitative estimate of drug-likeness (QED) is 0.334. The molecule has 4 nitrogen and oxygen atoms in total. The fraction of sp³-hybridized carbons (Fsp3) is 0.0400. The van der Waals surface area contributed by atoms with Crippen LogP contribution >= 0.6 is 23.4 Å². The maximum Gasteiger partial charge on any atom is 0.298 e. The zero-order valence-electron chi connectivity index (χ0n) is 16.4. The Morgan fingerprint density at radius 1 is 0.903 bits per heavy atom. The molecule has 2 amide bonds. The molecule has 0 bridgehead atoms. The molecular formula is C25H17ClN2O2S. The molecule has 0 atom stereocenters. The van der Waals surface area contributed by atoms with Crippen molar-refractivity contribution in [1.29, 1.82) is 0 Å². The fourth-order valence-electron chi connectivity index (χ4n) is 3.75. The van der Waals surface area contributed by atoms with Crippen molar-refractivity contribution in [3.8, 4) is 0 Å². The number of hydrogen-bond donors (Lipinski definition) is 0. The predicted molar refractivity (Wildman–Crippen MR) is 127 cm³/mol. The summed E-state index contributed by atoms with van der Waals surface area (Å²) in [6.07, 6.45) is 3.84. The monoisotopic (exact) mass is 444 g/mol. The largest absolute Gasteiger partial charge is 0.342 e. The van der Waals surface area contributed by atoms with Gasteiger partial charge in [-0.1, -0.05) is 66.2 Å². The molecule has 1 saturated heterocycles. The van der Waals surface area contributed by atoms with Crippen LogP contribution in [-0.2, 0) is 11.3 Å². The first-order chi connectivity index (χ1) is 15.1. The predicted octanol–water partition coefficient (Wildman–Crippen LogP) is 6.58. The highest BCUT2D eigenvalue weighted by atomic mass is 35.5. The van der Waals surface area contributed by atoms with Crippen molar-refractivity contribution >= 4 is 57.2 Å². The summed E-state index contributed by atoms with van der Waals surface area (Å²) in [7, 11) is 0. The number of fused-ring (bicyclic) bond motifs is 1. The second-order valence-electron chi connectivity index (χ2n) is 7.21. The molecule has 4 aromatic rings. The summed E-state index contributed by atoms with van der Waals surface area (Å²) in [6.45, 7) is 0.721. The highest BCUT2D eigenvalue weighted by Gasteiger charge is 2.36. The van der Waals surface area contributed by atoms with Crippen LogP contribution in [0.3, 0.4) is 0 Å². The van der Waals surface area contributed by atoms with E-state index in [1.807, 2.05) is 42.6 Å². The molecule has 0 aliphatic carbocycles. The minimum atomic E-state index is -0.336. The molecule has 0 radical (unpaired) electrons. The molecule has 5 rings (SSSR count). The third-order valence-corrected chi connectivity index (χ3v) is 6.27. The molecule has 2 heterocycles. The van der Waals surface area contributed by atoms with E-state index in [1.54, 1.807) is 30.3 Å². The Morgan fingerprint density at radius 3 is 2.48 bits per heavy atom. The van der Waals surface area contributed by atoms with E-state index in [4.69, 9.17) is 11.6 Å². The average Bonchev–Trinajstić information content (AvgIpc) is 3.25. The van der Waals surface area contributed by atoms with E-state index in [-0.39, 0.29) is 11.1 Å². The van der Waals surface area contributed by atoms with Crippen molar-refractivity contribution in [3.63, 3.8) is 0 Å². The Balaban J connectivity index is 1.53. The van der Waals surface area contributed by atoms with Crippen LogP contribution in [0.15, 0.2) is 90.0 Å². The second-order valence-corrected chi connectivity index (χ2v) is 8.64. The van der Waals surface area contributed by atoms with Crippen molar-refractivity contribution < 1.29 is 9.59 Å². The van der Waals surface area contributed by atoms with Crippen molar-refractivity contribution in [3.05, 3.63) is 106 Å². The van der Waals surface area contributed by atoms with Gasteiger partial charge in [0.05, 0.1) is 10.6 Å². The van der Waals surface area contributed by atoms with Crippen molar-refractivity contribution in [2.75, 3.05) is 4.90 Å². The van der Waals surface area contributed by atoms with Crippen LogP contribution in [0, 0.1) is 0 Å². The molecule has 152 valence electrons. The molecule has 1 aromatic heterocycles. The lowest BCUT2D eigenvalue weighted by molar-refractivity contribution is -0.113. The summed E-state index contributed by atoms with van der Waals surface area (Å²) in [5.41, 5.74) is 3.65. The molecule has 1 aliphatic heterocycles. The summed E-state index contributed by atoms with van der Waals surface area (Å²) in [5.74, 6) is -0.336. The van der Waals surface area contributed by atoms with Crippen molar-refractivity contribution in [2.24, 2.45) is 0 Å². The Morgan fingerprint density at radius 2 is 1.68 bits per heavy atom. The summed E-state index contributed by atoms with van der Waals surface area (Å²) in [4.78, 5) is 27.2. The SMILES string of the molecule is O=C1S/C(=C/c2cn(Cc3ccccc3)c3ccccc23)C(=O)N1c1cccc(Cl)c1.